The zero-order chi connectivity index (χ0) is 11.7. The molecule has 1 aromatic rings. The smallest absolute Gasteiger partial charge is 0.0600 e. The molecule has 2 rings (SSSR count). The maximum atomic E-state index is 6.36. The largest absolute Gasteiger partial charge is 0.375 e. The molecule has 1 fully saturated rings. The van der Waals surface area contributed by atoms with Crippen LogP contribution >= 0.6 is 0 Å². The van der Waals surface area contributed by atoms with Crippen LogP contribution in [0.25, 0.3) is 0 Å². The minimum absolute atomic E-state index is 0.0798. The van der Waals surface area contributed by atoms with Crippen LogP contribution in [0.2, 0.25) is 0 Å². The fourth-order valence-corrected chi connectivity index (χ4v) is 2.81. The minimum Gasteiger partial charge on any atom is -0.375 e. The van der Waals surface area contributed by atoms with E-state index < -0.39 is 0 Å². The number of ether oxygens (including phenoxy) is 1. The highest BCUT2D eigenvalue weighted by atomic mass is 16.5. The van der Waals surface area contributed by atoms with Crippen LogP contribution in [0.4, 0.5) is 0 Å². The average molecular weight is 219 g/mol. The van der Waals surface area contributed by atoms with Crippen LogP contribution in [0.15, 0.2) is 30.3 Å². The van der Waals surface area contributed by atoms with Crippen LogP contribution in [0.3, 0.4) is 0 Å². The van der Waals surface area contributed by atoms with Crippen molar-refractivity contribution in [3.63, 3.8) is 0 Å². The van der Waals surface area contributed by atoms with Crippen molar-refractivity contribution in [2.75, 3.05) is 0 Å². The zero-order valence-electron chi connectivity index (χ0n) is 10.3. The third kappa shape index (κ3) is 2.00. The first-order valence-corrected chi connectivity index (χ1v) is 6.07. The van der Waals surface area contributed by atoms with Gasteiger partial charge in [-0.25, -0.2) is 0 Å². The summed E-state index contributed by atoms with van der Waals surface area (Å²) in [5.41, 5.74) is 7.58. The van der Waals surface area contributed by atoms with Crippen LogP contribution in [0, 0.1) is 11.8 Å². The van der Waals surface area contributed by atoms with Gasteiger partial charge in [0.25, 0.3) is 0 Å². The standard InChI is InChI=1S/C14H21NO/c1-9-10(2)16-11(3)13(9)14(15)12-7-5-4-6-8-12/h4-11,13-14H,15H2,1-3H3. The van der Waals surface area contributed by atoms with Gasteiger partial charge in [-0.3, -0.25) is 0 Å². The highest BCUT2D eigenvalue weighted by Crippen LogP contribution is 2.39. The van der Waals surface area contributed by atoms with Crippen molar-refractivity contribution in [3.8, 4) is 0 Å². The summed E-state index contributed by atoms with van der Waals surface area (Å²) in [6.45, 7) is 6.51. The first-order valence-electron chi connectivity index (χ1n) is 6.07. The predicted molar refractivity (Wildman–Crippen MR) is 66.0 cm³/mol. The molecule has 0 aromatic heterocycles. The molecule has 1 aliphatic heterocycles. The molecule has 5 atom stereocenters. The van der Waals surface area contributed by atoms with Crippen molar-refractivity contribution in [1.82, 2.24) is 0 Å². The van der Waals surface area contributed by atoms with E-state index in [9.17, 15) is 0 Å². The molecule has 0 radical (unpaired) electrons. The summed E-state index contributed by atoms with van der Waals surface area (Å²) < 4.78 is 5.85. The fourth-order valence-electron chi connectivity index (χ4n) is 2.81. The van der Waals surface area contributed by atoms with Crippen LogP contribution < -0.4 is 5.73 Å². The quantitative estimate of drug-likeness (QED) is 0.830. The van der Waals surface area contributed by atoms with Crippen molar-refractivity contribution >= 4 is 0 Å². The molecule has 1 aromatic carbocycles. The second-order valence-corrected chi connectivity index (χ2v) is 4.92. The highest BCUT2D eigenvalue weighted by molar-refractivity contribution is 5.20. The van der Waals surface area contributed by atoms with Gasteiger partial charge in [0.15, 0.2) is 0 Å². The number of rotatable bonds is 2. The molecule has 0 saturated carbocycles. The number of nitrogens with two attached hydrogens (primary N) is 1. The van der Waals surface area contributed by atoms with Gasteiger partial charge in [-0.2, -0.15) is 0 Å². The van der Waals surface area contributed by atoms with Gasteiger partial charge < -0.3 is 10.5 Å². The summed E-state index contributed by atoms with van der Waals surface area (Å²) in [7, 11) is 0. The molecule has 16 heavy (non-hydrogen) atoms. The first kappa shape index (κ1) is 11.6. The zero-order valence-corrected chi connectivity index (χ0v) is 10.3. The van der Waals surface area contributed by atoms with Gasteiger partial charge in [0.1, 0.15) is 0 Å². The Labute approximate surface area is 97.8 Å². The summed E-state index contributed by atoms with van der Waals surface area (Å²) in [6, 6.07) is 10.4. The van der Waals surface area contributed by atoms with Gasteiger partial charge in [0, 0.05) is 12.0 Å². The van der Waals surface area contributed by atoms with E-state index in [1.807, 2.05) is 18.2 Å². The Morgan fingerprint density at radius 3 is 2.19 bits per heavy atom. The Morgan fingerprint density at radius 1 is 1.06 bits per heavy atom. The molecule has 1 aliphatic rings. The van der Waals surface area contributed by atoms with E-state index >= 15 is 0 Å². The maximum absolute atomic E-state index is 6.36. The molecule has 0 aliphatic carbocycles. The van der Waals surface area contributed by atoms with Crippen molar-refractivity contribution in [2.45, 2.75) is 39.0 Å². The Bertz CT molecular complexity index is 338. The lowest BCUT2D eigenvalue weighted by molar-refractivity contribution is 0.0489. The van der Waals surface area contributed by atoms with E-state index in [1.54, 1.807) is 0 Å². The van der Waals surface area contributed by atoms with Gasteiger partial charge >= 0.3 is 0 Å². The van der Waals surface area contributed by atoms with Crippen molar-refractivity contribution in [3.05, 3.63) is 35.9 Å². The van der Waals surface area contributed by atoms with Gasteiger partial charge in [-0.1, -0.05) is 37.3 Å². The fraction of sp³-hybridized carbons (Fsp3) is 0.571. The van der Waals surface area contributed by atoms with Crippen molar-refractivity contribution < 1.29 is 4.74 Å². The molecule has 0 amide bonds. The summed E-state index contributed by atoms with van der Waals surface area (Å²) in [4.78, 5) is 0. The van der Waals surface area contributed by atoms with Crippen LogP contribution in [-0.2, 0) is 4.74 Å². The molecule has 2 nitrogen and oxygen atoms in total. The van der Waals surface area contributed by atoms with Crippen molar-refractivity contribution in [2.24, 2.45) is 17.6 Å². The molecule has 2 heteroatoms. The molecule has 0 spiro atoms. The number of benzene rings is 1. The van der Waals surface area contributed by atoms with Crippen molar-refractivity contribution in [1.29, 1.82) is 0 Å². The molecule has 5 unspecified atom stereocenters. The highest BCUT2D eigenvalue weighted by Gasteiger charge is 2.40. The Hall–Kier alpha value is -0.860. The normalized spacial score (nSPS) is 36.2. The van der Waals surface area contributed by atoms with E-state index in [2.05, 4.69) is 32.9 Å². The Kier molecular flexibility index (Phi) is 3.31. The monoisotopic (exact) mass is 219 g/mol. The SMILES string of the molecule is CC1OC(C)C(C(N)c2ccccc2)C1C. The molecule has 1 saturated heterocycles. The average Bonchev–Trinajstić information content (AvgIpc) is 2.54. The van der Waals surface area contributed by atoms with Gasteiger partial charge in [0.2, 0.25) is 0 Å². The van der Waals surface area contributed by atoms with Crippen LogP contribution in [0.1, 0.15) is 32.4 Å². The first-order chi connectivity index (χ1) is 7.61. The van der Waals surface area contributed by atoms with E-state index in [4.69, 9.17) is 10.5 Å². The number of hydrogen-bond acceptors (Lipinski definition) is 2. The van der Waals surface area contributed by atoms with E-state index in [-0.39, 0.29) is 12.1 Å². The van der Waals surface area contributed by atoms with E-state index in [1.165, 1.54) is 5.56 Å². The lowest BCUT2D eigenvalue weighted by Gasteiger charge is -2.26. The molecular formula is C14H21NO. The summed E-state index contributed by atoms with van der Waals surface area (Å²) in [6.07, 6.45) is 0.565. The third-order valence-corrected chi connectivity index (χ3v) is 3.92. The third-order valence-electron chi connectivity index (χ3n) is 3.92. The van der Waals surface area contributed by atoms with Crippen LogP contribution in [-0.4, -0.2) is 12.2 Å². The van der Waals surface area contributed by atoms with Gasteiger partial charge in [-0.15, -0.1) is 0 Å². The van der Waals surface area contributed by atoms with E-state index in [0.717, 1.165) is 0 Å². The molecule has 88 valence electrons. The lowest BCUT2D eigenvalue weighted by Crippen LogP contribution is -2.30. The summed E-state index contributed by atoms with van der Waals surface area (Å²) in [5, 5.41) is 0. The van der Waals surface area contributed by atoms with Gasteiger partial charge in [0.05, 0.1) is 12.2 Å². The lowest BCUT2D eigenvalue weighted by atomic mass is 9.81. The second kappa shape index (κ2) is 4.56. The number of hydrogen-bond donors (Lipinski definition) is 1. The summed E-state index contributed by atoms with van der Waals surface area (Å²) >= 11 is 0. The summed E-state index contributed by atoms with van der Waals surface area (Å²) in [5.74, 6) is 0.933. The van der Waals surface area contributed by atoms with Crippen LogP contribution in [0.5, 0.6) is 0 Å². The minimum atomic E-state index is 0.0798. The van der Waals surface area contributed by atoms with E-state index in [0.29, 0.717) is 17.9 Å². The molecule has 2 N–H and O–H groups in total. The maximum Gasteiger partial charge on any atom is 0.0600 e. The predicted octanol–water partition coefficient (Wildman–Crippen LogP) is 2.75. The second-order valence-electron chi connectivity index (χ2n) is 4.92. The molecular weight excluding hydrogens is 198 g/mol. The van der Waals surface area contributed by atoms with Gasteiger partial charge in [-0.05, 0) is 25.3 Å². The molecule has 0 bridgehead atoms. The Morgan fingerprint density at radius 2 is 1.69 bits per heavy atom. The topological polar surface area (TPSA) is 35.2 Å². The molecule has 1 heterocycles. The Balaban J connectivity index is 2.19.